The van der Waals surface area contributed by atoms with Crippen molar-refractivity contribution in [2.24, 2.45) is 0 Å². The van der Waals surface area contributed by atoms with Gasteiger partial charge in [-0.1, -0.05) is 32.0 Å². The molecule has 3 rings (SSSR count). The van der Waals surface area contributed by atoms with Gasteiger partial charge >= 0.3 is 0 Å². The number of aromatic amines is 1. The summed E-state index contributed by atoms with van der Waals surface area (Å²) in [7, 11) is 0. The van der Waals surface area contributed by atoms with Gasteiger partial charge in [-0.3, -0.25) is 14.3 Å². The average Bonchev–Trinajstić information content (AvgIpc) is 3.13. The molecule has 0 amide bonds. The first-order valence-electron chi connectivity index (χ1n) is 7.53. The van der Waals surface area contributed by atoms with Gasteiger partial charge in [0, 0.05) is 12.1 Å². The molecule has 3 aromatic rings. The van der Waals surface area contributed by atoms with Crippen LogP contribution in [0, 0.1) is 4.77 Å². The number of halogens is 1. The molecule has 0 aliphatic carbocycles. The summed E-state index contributed by atoms with van der Waals surface area (Å²) in [5.41, 5.74) is 2.34. The molecule has 7 heteroatoms. The third-order valence-electron chi connectivity index (χ3n) is 3.82. The Balaban J connectivity index is 2.00. The van der Waals surface area contributed by atoms with E-state index in [4.69, 9.17) is 12.2 Å². The summed E-state index contributed by atoms with van der Waals surface area (Å²) >= 11 is 8.89. The number of H-pyrrole nitrogens is 1. The normalized spacial score (nSPS) is 12.5. The predicted molar refractivity (Wildman–Crippen MR) is 96.5 cm³/mol. The van der Waals surface area contributed by atoms with Crippen LogP contribution in [-0.4, -0.2) is 24.5 Å². The fourth-order valence-electron chi connectivity index (χ4n) is 2.70. The summed E-state index contributed by atoms with van der Waals surface area (Å²) < 4.78 is 5.54. The summed E-state index contributed by atoms with van der Waals surface area (Å²) in [6.07, 6.45) is 4.70. The Hall–Kier alpha value is -1.73. The maximum Gasteiger partial charge on any atom is 0.199 e. The van der Waals surface area contributed by atoms with E-state index in [1.165, 1.54) is 5.56 Å². The highest BCUT2D eigenvalue weighted by Gasteiger charge is 2.18. The van der Waals surface area contributed by atoms with E-state index in [1.54, 1.807) is 6.20 Å². The number of aryl methyl sites for hydroxylation is 1. The van der Waals surface area contributed by atoms with Crippen molar-refractivity contribution in [3.63, 3.8) is 0 Å². The highest BCUT2D eigenvalue weighted by atomic mass is 79.9. The molecular formula is C16H18BrN5S. The number of aromatic nitrogens is 5. The lowest BCUT2D eigenvalue weighted by molar-refractivity contribution is 0.518. The minimum absolute atomic E-state index is 0.166. The predicted octanol–water partition coefficient (Wildman–Crippen LogP) is 4.25. The molecule has 0 unspecified atom stereocenters. The Morgan fingerprint density at radius 3 is 2.83 bits per heavy atom. The molecule has 0 saturated heterocycles. The summed E-state index contributed by atoms with van der Waals surface area (Å²) in [5, 5.41) is 11.7. The second kappa shape index (κ2) is 6.80. The average molecular weight is 392 g/mol. The van der Waals surface area contributed by atoms with E-state index in [0.717, 1.165) is 29.0 Å². The zero-order chi connectivity index (χ0) is 16.4. The van der Waals surface area contributed by atoms with Gasteiger partial charge in [-0.25, -0.2) is 0 Å². The second-order valence-electron chi connectivity index (χ2n) is 5.49. The van der Waals surface area contributed by atoms with Gasteiger partial charge in [0.1, 0.15) is 5.82 Å². The van der Waals surface area contributed by atoms with E-state index < -0.39 is 0 Å². The van der Waals surface area contributed by atoms with Crippen molar-refractivity contribution in [2.75, 3.05) is 0 Å². The largest absolute Gasteiger partial charge is 0.272 e. The molecule has 1 aromatic carbocycles. The van der Waals surface area contributed by atoms with Crippen LogP contribution in [0.1, 0.15) is 31.2 Å². The van der Waals surface area contributed by atoms with Crippen LogP contribution in [0.2, 0.25) is 0 Å². The fraction of sp³-hybridized carbons (Fsp3) is 0.312. The molecule has 0 spiro atoms. The van der Waals surface area contributed by atoms with Crippen molar-refractivity contribution >= 4 is 28.1 Å². The van der Waals surface area contributed by atoms with Gasteiger partial charge in [-0.2, -0.15) is 10.2 Å². The number of nitrogens with zero attached hydrogens (tertiary/aromatic N) is 4. The van der Waals surface area contributed by atoms with Gasteiger partial charge < -0.3 is 0 Å². The van der Waals surface area contributed by atoms with Crippen LogP contribution in [0.5, 0.6) is 0 Å². The van der Waals surface area contributed by atoms with Crippen molar-refractivity contribution in [3.8, 4) is 5.69 Å². The molecule has 0 aliphatic rings. The number of hydrogen-bond donors (Lipinski definition) is 1. The number of nitrogens with one attached hydrogen (secondary N) is 1. The number of para-hydroxylation sites is 1. The van der Waals surface area contributed by atoms with Crippen molar-refractivity contribution < 1.29 is 0 Å². The maximum atomic E-state index is 5.47. The molecule has 1 N–H and O–H groups in total. The zero-order valence-electron chi connectivity index (χ0n) is 13.0. The lowest BCUT2D eigenvalue weighted by Gasteiger charge is -2.15. The van der Waals surface area contributed by atoms with Crippen molar-refractivity contribution in [2.45, 2.75) is 32.7 Å². The van der Waals surface area contributed by atoms with E-state index in [2.05, 4.69) is 63.3 Å². The van der Waals surface area contributed by atoms with Gasteiger partial charge in [0.2, 0.25) is 0 Å². The van der Waals surface area contributed by atoms with Gasteiger partial charge in [-0.15, -0.1) is 0 Å². The minimum atomic E-state index is 0.166. The standard InChI is InChI=1S/C16H18BrN5S/c1-3-12-6-4-5-7-14(12)22-15(19-20-16(22)23)11(2)9-21-10-13(17)8-18-21/h4-8,10-11H,3,9H2,1-2H3,(H,20,23)/t11-/m1/s1. The first kappa shape index (κ1) is 16.1. The molecule has 120 valence electrons. The Labute approximate surface area is 148 Å². The van der Waals surface area contributed by atoms with Crippen LogP contribution in [0.15, 0.2) is 41.1 Å². The Kier molecular flexibility index (Phi) is 4.77. The first-order valence-corrected chi connectivity index (χ1v) is 8.73. The van der Waals surface area contributed by atoms with E-state index in [0.29, 0.717) is 4.77 Å². The molecule has 23 heavy (non-hydrogen) atoms. The summed E-state index contributed by atoms with van der Waals surface area (Å²) in [4.78, 5) is 0. The summed E-state index contributed by atoms with van der Waals surface area (Å²) in [5.74, 6) is 1.09. The van der Waals surface area contributed by atoms with Crippen molar-refractivity contribution in [1.82, 2.24) is 24.5 Å². The Morgan fingerprint density at radius 2 is 2.13 bits per heavy atom. The van der Waals surface area contributed by atoms with Gasteiger partial charge in [0.05, 0.1) is 22.9 Å². The Morgan fingerprint density at radius 1 is 1.35 bits per heavy atom. The molecule has 0 bridgehead atoms. The zero-order valence-corrected chi connectivity index (χ0v) is 15.4. The molecule has 1 atom stereocenters. The third kappa shape index (κ3) is 3.30. The topological polar surface area (TPSA) is 51.4 Å². The van der Waals surface area contributed by atoms with Crippen LogP contribution in [-0.2, 0) is 13.0 Å². The van der Waals surface area contributed by atoms with E-state index in [-0.39, 0.29) is 5.92 Å². The number of hydrogen-bond acceptors (Lipinski definition) is 3. The molecular weight excluding hydrogens is 374 g/mol. The van der Waals surface area contributed by atoms with Gasteiger partial charge in [0.25, 0.3) is 0 Å². The molecule has 5 nitrogen and oxygen atoms in total. The lowest BCUT2D eigenvalue weighted by atomic mass is 10.1. The second-order valence-corrected chi connectivity index (χ2v) is 6.79. The first-order chi connectivity index (χ1) is 11.1. The molecule has 0 saturated carbocycles. The number of benzene rings is 1. The highest BCUT2D eigenvalue weighted by molar-refractivity contribution is 9.10. The van der Waals surface area contributed by atoms with E-state index in [9.17, 15) is 0 Å². The smallest absolute Gasteiger partial charge is 0.199 e. The van der Waals surface area contributed by atoms with Gasteiger partial charge in [0.15, 0.2) is 4.77 Å². The lowest BCUT2D eigenvalue weighted by Crippen LogP contribution is -2.13. The maximum absolute atomic E-state index is 5.47. The molecule has 2 aromatic heterocycles. The van der Waals surface area contributed by atoms with E-state index in [1.807, 2.05) is 21.5 Å². The minimum Gasteiger partial charge on any atom is -0.272 e. The van der Waals surface area contributed by atoms with Crippen molar-refractivity contribution in [1.29, 1.82) is 0 Å². The van der Waals surface area contributed by atoms with Gasteiger partial charge in [-0.05, 0) is 46.2 Å². The van der Waals surface area contributed by atoms with Crippen LogP contribution in [0.25, 0.3) is 5.69 Å². The van der Waals surface area contributed by atoms with Crippen LogP contribution in [0.3, 0.4) is 0 Å². The monoisotopic (exact) mass is 391 g/mol. The van der Waals surface area contributed by atoms with Crippen LogP contribution < -0.4 is 0 Å². The summed E-state index contributed by atoms with van der Waals surface area (Å²) in [6, 6.07) is 8.30. The fourth-order valence-corrected chi connectivity index (χ4v) is 3.27. The van der Waals surface area contributed by atoms with Crippen LogP contribution >= 0.6 is 28.1 Å². The summed E-state index contributed by atoms with van der Waals surface area (Å²) in [6.45, 7) is 5.01. The highest BCUT2D eigenvalue weighted by Crippen LogP contribution is 2.23. The molecule has 0 fully saturated rings. The van der Waals surface area contributed by atoms with Crippen LogP contribution in [0.4, 0.5) is 0 Å². The Bertz CT molecular complexity index is 863. The van der Waals surface area contributed by atoms with Crippen molar-refractivity contribution in [3.05, 3.63) is 57.3 Å². The SMILES string of the molecule is CCc1ccccc1-n1c([C@H](C)Cn2cc(Br)cn2)n[nH]c1=S. The number of rotatable bonds is 5. The molecule has 2 heterocycles. The van der Waals surface area contributed by atoms with E-state index >= 15 is 0 Å². The molecule has 0 radical (unpaired) electrons. The quantitative estimate of drug-likeness (QED) is 0.661. The molecule has 0 aliphatic heterocycles. The third-order valence-corrected chi connectivity index (χ3v) is 4.50.